The predicted octanol–water partition coefficient (Wildman–Crippen LogP) is 1.13. The monoisotopic (exact) mass is 399 g/mol. The van der Waals surface area contributed by atoms with E-state index in [1.165, 1.54) is 24.3 Å². The first kappa shape index (κ1) is 19.1. The average molecular weight is 400 g/mol. The predicted molar refractivity (Wildman–Crippen MR) is 97.1 cm³/mol. The van der Waals surface area contributed by atoms with Gasteiger partial charge in [0, 0.05) is 17.6 Å². The second-order valence-corrected chi connectivity index (χ2v) is 9.22. The summed E-state index contributed by atoms with van der Waals surface area (Å²) in [4.78, 5) is 26.7. The van der Waals surface area contributed by atoms with Gasteiger partial charge < -0.3 is 10.2 Å². The van der Waals surface area contributed by atoms with Gasteiger partial charge >= 0.3 is 0 Å². The molecule has 3 atom stereocenters. The average Bonchev–Trinajstić information content (AvgIpc) is 2.58. The van der Waals surface area contributed by atoms with Gasteiger partial charge in [0.05, 0.1) is 4.90 Å². The van der Waals surface area contributed by atoms with Crippen LogP contribution < -0.4 is 10.0 Å². The SMILES string of the molecule is CC(C)[C@@H]1NC(=O)[C@@H]2C[C@@H](NS(=O)(=O)c3ccc(Cl)cc3)CCN2C1=O. The van der Waals surface area contributed by atoms with Gasteiger partial charge in [0.1, 0.15) is 12.1 Å². The first-order valence-corrected chi connectivity index (χ1v) is 10.4. The number of piperidine rings is 1. The summed E-state index contributed by atoms with van der Waals surface area (Å²) < 4.78 is 27.7. The molecule has 0 radical (unpaired) electrons. The number of nitrogens with zero attached hydrogens (tertiary/aromatic N) is 1. The van der Waals surface area contributed by atoms with E-state index in [4.69, 9.17) is 11.6 Å². The number of nitrogens with one attached hydrogen (secondary N) is 2. The molecule has 9 heteroatoms. The Morgan fingerprint density at radius 3 is 2.50 bits per heavy atom. The van der Waals surface area contributed by atoms with Crippen molar-refractivity contribution in [1.29, 1.82) is 0 Å². The first-order valence-electron chi connectivity index (χ1n) is 8.58. The molecule has 0 unspecified atom stereocenters. The number of carbonyl (C=O) groups excluding carboxylic acids is 2. The molecule has 2 amide bonds. The van der Waals surface area contributed by atoms with E-state index >= 15 is 0 Å². The van der Waals surface area contributed by atoms with Crippen molar-refractivity contribution in [2.24, 2.45) is 5.92 Å². The number of carbonyl (C=O) groups is 2. The highest BCUT2D eigenvalue weighted by atomic mass is 35.5. The topological polar surface area (TPSA) is 95.6 Å². The van der Waals surface area contributed by atoms with Crippen LogP contribution in [-0.4, -0.2) is 49.8 Å². The summed E-state index contributed by atoms with van der Waals surface area (Å²) in [6.45, 7) is 4.13. The van der Waals surface area contributed by atoms with Gasteiger partial charge in [0.25, 0.3) is 0 Å². The Balaban J connectivity index is 1.71. The van der Waals surface area contributed by atoms with Crippen molar-refractivity contribution in [3.63, 3.8) is 0 Å². The molecule has 2 fully saturated rings. The number of fused-ring (bicyclic) bond motifs is 1. The third-order valence-electron chi connectivity index (χ3n) is 4.86. The fourth-order valence-electron chi connectivity index (χ4n) is 3.43. The number of benzene rings is 1. The number of halogens is 1. The minimum atomic E-state index is -3.71. The molecular formula is C17H22ClN3O4S. The zero-order chi connectivity index (χ0) is 19.1. The maximum Gasteiger partial charge on any atom is 0.246 e. The largest absolute Gasteiger partial charge is 0.342 e. The maximum absolute atomic E-state index is 12.6. The van der Waals surface area contributed by atoms with Crippen molar-refractivity contribution in [3.05, 3.63) is 29.3 Å². The fourth-order valence-corrected chi connectivity index (χ4v) is 4.84. The van der Waals surface area contributed by atoms with Gasteiger partial charge in [-0.1, -0.05) is 25.4 Å². The van der Waals surface area contributed by atoms with E-state index in [2.05, 4.69) is 10.0 Å². The molecule has 142 valence electrons. The standard InChI is InChI=1S/C17H22ClN3O4S/c1-10(2)15-17(23)21-8-7-12(9-14(21)16(22)19-15)20-26(24,25)13-5-3-11(18)4-6-13/h3-6,10,12,14-15,20H,7-9H2,1-2H3,(H,19,22)/t12-,14-,15-/m0/s1. The second kappa shape index (κ2) is 7.17. The molecule has 1 aromatic carbocycles. The van der Waals surface area contributed by atoms with Crippen molar-refractivity contribution in [1.82, 2.24) is 14.9 Å². The minimum Gasteiger partial charge on any atom is -0.342 e. The Labute approximate surface area is 158 Å². The molecule has 26 heavy (non-hydrogen) atoms. The molecule has 2 aliphatic rings. The molecule has 2 heterocycles. The smallest absolute Gasteiger partial charge is 0.246 e. The van der Waals surface area contributed by atoms with Crippen LogP contribution in [0.5, 0.6) is 0 Å². The summed E-state index contributed by atoms with van der Waals surface area (Å²) in [6, 6.07) is 4.33. The van der Waals surface area contributed by atoms with E-state index in [0.29, 0.717) is 18.0 Å². The zero-order valence-electron chi connectivity index (χ0n) is 14.6. The molecule has 0 saturated carbocycles. The van der Waals surface area contributed by atoms with Crippen molar-refractivity contribution in [2.75, 3.05) is 6.54 Å². The van der Waals surface area contributed by atoms with Crippen molar-refractivity contribution < 1.29 is 18.0 Å². The van der Waals surface area contributed by atoms with Gasteiger partial charge in [-0.3, -0.25) is 9.59 Å². The van der Waals surface area contributed by atoms with E-state index in [1.54, 1.807) is 4.90 Å². The Hall–Kier alpha value is -1.64. The molecule has 3 rings (SSSR count). The first-order chi connectivity index (χ1) is 12.2. The fraction of sp³-hybridized carbons (Fsp3) is 0.529. The molecule has 0 aliphatic carbocycles. The lowest BCUT2D eigenvalue weighted by Crippen LogP contribution is -2.67. The van der Waals surface area contributed by atoms with Crippen LogP contribution in [0.1, 0.15) is 26.7 Å². The van der Waals surface area contributed by atoms with Crippen molar-refractivity contribution in [3.8, 4) is 0 Å². The van der Waals surface area contributed by atoms with Crippen LogP contribution >= 0.6 is 11.6 Å². The number of amides is 2. The summed E-state index contributed by atoms with van der Waals surface area (Å²) in [5.41, 5.74) is 0. The Bertz CT molecular complexity index is 810. The lowest BCUT2D eigenvalue weighted by molar-refractivity contribution is -0.152. The second-order valence-electron chi connectivity index (χ2n) is 7.07. The van der Waals surface area contributed by atoms with E-state index in [1.807, 2.05) is 13.8 Å². The Morgan fingerprint density at radius 2 is 1.88 bits per heavy atom. The van der Waals surface area contributed by atoms with Crippen LogP contribution in [0.15, 0.2) is 29.2 Å². The van der Waals surface area contributed by atoms with Crippen molar-refractivity contribution in [2.45, 2.75) is 49.7 Å². The van der Waals surface area contributed by atoms with E-state index in [9.17, 15) is 18.0 Å². The van der Waals surface area contributed by atoms with Gasteiger partial charge in [-0.2, -0.15) is 0 Å². The normalized spacial score (nSPS) is 26.6. The number of rotatable bonds is 4. The number of hydrogen-bond acceptors (Lipinski definition) is 4. The molecule has 2 N–H and O–H groups in total. The highest BCUT2D eigenvalue weighted by Crippen LogP contribution is 2.25. The summed E-state index contributed by atoms with van der Waals surface area (Å²) >= 11 is 5.80. The highest BCUT2D eigenvalue weighted by Gasteiger charge is 2.45. The number of piperazine rings is 1. The van der Waals surface area contributed by atoms with Crippen LogP contribution in [0, 0.1) is 5.92 Å². The lowest BCUT2D eigenvalue weighted by Gasteiger charge is -2.44. The van der Waals surface area contributed by atoms with Crippen molar-refractivity contribution >= 4 is 33.4 Å². The Morgan fingerprint density at radius 1 is 1.23 bits per heavy atom. The summed E-state index contributed by atoms with van der Waals surface area (Å²) in [6.07, 6.45) is 0.725. The van der Waals surface area contributed by atoms with E-state index in [-0.39, 0.29) is 29.0 Å². The lowest BCUT2D eigenvalue weighted by atomic mass is 9.91. The van der Waals surface area contributed by atoms with Gasteiger partial charge in [-0.25, -0.2) is 13.1 Å². The third-order valence-corrected chi connectivity index (χ3v) is 6.65. The molecular weight excluding hydrogens is 378 g/mol. The molecule has 1 aromatic rings. The molecule has 0 spiro atoms. The molecule has 0 aromatic heterocycles. The summed E-state index contributed by atoms with van der Waals surface area (Å²) in [7, 11) is -3.71. The van der Waals surface area contributed by atoms with Crippen LogP contribution in [0.25, 0.3) is 0 Å². The molecule has 7 nitrogen and oxygen atoms in total. The van der Waals surface area contributed by atoms with Gasteiger partial charge in [-0.15, -0.1) is 0 Å². The van der Waals surface area contributed by atoms with Crippen LogP contribution in [0.2, 0.25) is 5.02 Å². The number of hydrogen-bond donors (Lipinski definition) is 2. The maximum atomic E-state index is 12.6. The Kier molecular flexibility index (Phi) is 5.28. The zero-order valence-corrected chi connectivity index (χ0v) is 16.2. The van der Waals surface area contributed by atoms with Gasteiger partial charge in [0.2, 0.25) is 21.8 Å². The van der Waals surface area contributed by atoms with Gasteiger partial charge in [-0.05, 0) is 43.0 Å². The van der Waals surface area contributed by atoms with E-state index < -0.39 is 28.1 Å². The minimum absolute atomic E-state index is 0.00790. The van der Waals surface area contributed by atoms with Crippen LogP contribution in [-0.2, 0) is 19.6 Å². The quantitative estimate of drug-likeness (QED) is 0.793. The molecule has 2 aliphatic heterocycles. The highest BCUT2D eigenvalue weighted by molar-refractivity contribution is 7.89. The van der Waals surface area contributed by atoms with Crippen LogP contribution in [0.3, 0.4) is 0 Å². The number of sulfonamides is 1. The summed E-state index contributed by atoms with van der Waals surface area (Å²) in [5, 5.41) is 3.22. The third kappa shape index (κ3) is 3.72. The van der Waals surface area contributed by atoms with E-state index in [0.717, 1.165) is 0 Å². The van der Waals surface area contributed by atoms with Gasteiger partial charge in [0.15, 0.2) is 0 Å². The summed E-state index contributed by atoms with van der Waals surface area (Å²) in [5.74, 6) is -0.309. The molecule has 2 saturated heterocycles. The molecule has 0 bridgehead atoms. The van der Waals surface area contributed by atoms with Crippen LogP contribution in [0.4, 0.5) is 0 Å².